The molecule has 20 heavy (non-hydrogen) atoms. The molecule has 0 fully saturated rings. The monoisotopic (exact) mass is 279 g/mol. The van der Waals surface area contributed by atoms with E-state index < -0.39 is 5.60 Å². The molecular weight excluding hydrogens is 254 g/mol. The summed E-state index contributed by atoms with van der Waals surface area (Å²) in [5.41, 5.74) is -0.960. The molecule has 0 radical (unpaired) electrons. The average molecular weight is 279 g/mol. The van der Waals surface area contributed by atoms with Gasteiger partial charge in [-0.05, 0) is 32.4 Å². The third kappa shape index (κ3) is 5.51. The highest BCUT2D eigenvalue weighted by Gasteiger charge is 2.29. The SMILES string of the molecule is CCCCCCNC(=O)C(C)(C)Oc1cccc(O)c1. The molecule has 0 aliphatic heterocycles. The Balaban J connectivity index is 2.44. The number of aromatic hydroxyl groups is 1. The number of unbranched alkanes of at least 4 members (excludes halogenated alkanes) is 3. The van der Waals surface area contributed by atoms with Crippen LogP contribution in [0.5, 0.6) is 11.5 Å². The number of amides is 1. The van der Waals surface area contributed by atoms with Crippen LogP contribution in [0.25, 0.3) is 0 Å². The molecule has 0 bridgehead atoms. The Bertz CT molecular complexity index is 429. The molecule has 1 amide bonds. The van der Waals surface area contributed by atoms with E-state index in [1.54, 1.807) is 32.0 Å². The number of phenolic OH excluding ortho intramolecular Hbond substituents is 1. The molecule has 0 aliphatic rings. The van der Waals surface area contributed by atoms with Gasteiger partial charge in [0, 0.05) is 12.6 Å². The predicted octanol–water partition coefficient (Wildman–Crippen LogP) is 3.25. The number of carbonyl (C=O) groups excluding carboxylic acids is 1. The Morgan fingerprint density at radius 2 is 2.05 bits per heavy atom. The average Bonchev–Trinajstić information content (AvgIpc) is 2.37. The maximum atomic E-state index is 12.1. The quantitative estimate of drug-likeness (QED) is 0.718. The first-order chi connectivity index (χ1) is 9.45. The second-order valence-corrected chi connectivity index (χ2v) is 5.43. The maximum Gasteiger partial charge on any atom is 0.263 e. The van der Waals surface area contributed by atoms with Gasteiger partial charge in [0.25, 0.3) is 5.91 Å². The zero-order chi connectivity index (χ0) is 15.0. The van der Waals surface area contributed by atoms with E-state index in [0.29, 0.717) is 12.3 Å². The summed E-state index contributed by atoms with van der Waals surface area (Å²) in [6.45, 7) is 6.27. The lowest BCUT2D eigenvalue weighted by atomic mass is 10.1. The lowest BCUT2D eigenvalue weighted by Crippen LogP contribution is -2.46. The number of carbonyl (C=O) groups is 1. The van der Waals surface area contributed by atoms with E-state index in [9.17, 15) is 9.90 Å². The van der Waals surface area contributed by atoms with Gasteiger partial charge in [-0.1, -0.05) is 32.3 Å². The van der Waals surface area contributed by atoms with E-state index in [4.69, 9.17) is 4.74 Å². The summed E-state index contributed by atoms with van der Waals surface area (Å²) in [5.74, 6) is 0.465. The Morgan fingerprint density at radius 1 is 1.30 bits per heavy atom. The molecule has 0 saturated heterocycles. The van der Waals surface area contributed by atoms with Gasteiger partial charge in [0.05, 0.1) is 0 Å². The second kappa shape index (κ2) is 7.78. The number of phenols is 1. The molecule has 0 aliphatic carbocycles. The van der Waals surface area contributed by atoms with Crippen LogP contribution in [0, 0.1) is 0 Å². The van der Waals surface area contributed by atoms with Crippen molar-refractivity contribution in [3.05, 3.63) is 24.3 Å². The fourth-order valence-corrected chi connectivity index (χ4v) is 1.85. The first-order valence-corrected chi connectivity index (χ1v) is 7.22. The summed E-state index contributed by atoms with van der Waals surface area (Å²) in [5, 5.41) is 12.3. The number of nitrogens with one attached hydrogen (secondary N) is 1. The Kier molecular flexibility index (Phi) is 6.36. The third-order valence-corrected chi connectivity index (χ3v) is 3.05. The minimum atomic E-state index is -0.960. The Morgan fingerprint density at radius 3 is 2.70 bits per heavy atom. The minimum absolute atomic E-state index is 0.123. The molecule has 0 saturated carbocycles. The van der Waals surface area contributed by atoms with Gasteiger partial charge in [-0.15, -0.1) is 0 Å². The van der Waals surface area contributed by atoms with E-state index in [1.807, 2.05) is 0 Å². The van der Waals surface area contributed by atoms with E-state index in [0.717, 1.165) is 12.8 Å². The van der Waals surface area contributed by atoms with Crippen molar-refractivity contribution >= 4 is 5.91 Å². The first kappa shape index (κ1) is 16.3. The van der Waals surface area contributed by atoms with Crippen LogP contribution in [0.2, 0.25) is 0 Å². The smallest absolute Gasteiger partial charge is 0.263 e. The number of ether oxygens (including phenoxy) is 1. The molecule has 0 unspecified atom stereocenters. The van der Waals surface area contributed by atoms with Crippen LogP contribution >= 0.6 is 0 Å². The van der Waals surface area contributed by atoms with Crippen molar-refractivity contribution in [1.29, 1.82) is 0 Å². The van der Waals surface area contributed by atoms with E-state index in [2.05, 4.69) is 12.2 Å². The molecular formula is C16H25NO3. The summed E-state index contributed by atoms with van der Waals surface area (Å²) < 4.78 is 5.65. The van der Waals surface area contributed by atoms with Gasteiger partial charge in [-0.2, -0.15) is 0 Å². The predicted molar refractivity (Wildman–Crippen MR) is 80.0 cm³/mol. The molecule has 0 atom stereocenters. The number of hydrogen-bond donors (Lipinski definition) is 2. The minimum Gasteiger partial charge on any atom is -0.508 e. The molecule has 0 heterocycles. The lowest BCUT2D eigenvalue weighted by molar-refractivity contribution is -0.134. The summed E-state index contributed by atoms with van der Waals surface area (Å²) in [7, 11) is 0. The van der Waals surface area contributed by atoms with Crippen LogP contribution in [0.3, 0.4) is 0 Å². The van der Waals surface area contributed by atoms with Crippen molar-refractivity contribution in [2.45, 2.75) is 52.1 Å². The molecule has 4 heteroatoms. The summed E-state index contributed by atoms with van der Waals surface area (Å²) in [6, 6.07) is 6.46. The molecule has 0 spiro atoms. The van der Waals surface area contributed by atoms with E-state index in [1.165, 1.54) is 18.9 Å². The zero-order valence-electron chi connectivity index (χ0n) is 12.6. The van der Waals surface area contributed by atoms with Crippen molar-refractivity contribution in [3.63, 3.8) is 0 Å². The fourth-order valence-electron chi connectivity index (χ4n) is 1.85. The van der Waals surface area contributed by atoms with Gasteiger partial charge in [-0.25, -0.2) is 0 Å². The van der Waals surface area contributed by atoms with Crippen molar-refractivity contribution in [2.75, 3.05) is 6.54 Å². The van der Waals surface area contributed by atoms with Gasteiger partial charge in [0.2, 0.25) is 0 Å². The number of benzene rings is 1. The highest BCUT2D eigenvalue weighted by molar-refractivity contribution is 5.84. The number of hydrogen-bond acceptors (Lipinski definition) is 3. The van der Waals surface area contributed by atoms with E-state index in [-0.39, 0.29) is 11.7 Å². The van der Waals surface area contributed by atoms with Gasteiger partial charge in [0.1, 0.15) is 11.5 Å². The second-order valence-electron chi connectivity index (χ2n) is 5.43. The van der Waals surface area contributed by atoms with Crippen LogP contribution in [0.1, 0.15) is 46.5 Å². The molecule has 112 valence electrons. The van der Waals surface area contributed by atoms with Gasteiger partial charge in [0.15, 0.2) is 5.60 Å². The van der Waals surface area contributed by atoms with Crippen molar-refractivity contribution < 1.29 is 14.6 Å². The van der Waals surface area contributed by atoms with Crippen LogP contribution in [-0.2, 0) is 4.79 Å². The number of rotatable bonds is 8. The highest BCUT2D eigenvalue weighted by Crippen LogP contribution is 2.22. The van der Waals surface area contributed by atoms with Gasteiger partial charge >= 0.3 is 0 Å². The van der Waals surface area contributed by atoms with Crippen molar-refractivity contribution in [3.8, 4) is 11.5 Å². The maximum absolute atomic E-state index is 12.1. The molecule has 4 nitrogen and oxygen atoms in total. The third-order valence-electron chi connectivity index (χ3n) is 3.05. The normalized spacial score (nSPS) is 11.2. The molecule has 1 aromatic carbocycles. The van der Waals surface area contributed by atoms with Crippen LogP contribution < -0.4 is 10.1 Å². The van der Waals surface area contributed by atoms with Crippen molar-refractivity contribution in [1.82, 2.24) is 5.32 Å². The van der Waals surface area contributed by atoms with Gasteiger partial charge < -0.3 is 15.2 Å². The summed E-state index contributed by atoms with van der Waals surface area (Å²) in [4.78, 5) is 12.1. The van der Waals surface area contributed by atoms with E-state index >= 15 is 0 Å². The molecule has 2 N–H and O–H groups in total. The fraction of sp³-hybridized carbons (Fsp3) is 0.562. The molecule has 1 aromatic rings. The Hall–Kier alpha value is -1.71. The zero-order valence-corrected chi connectivity index (χ0v) is 12.6. The van der Waals surface area contributed by atoms with Crippen LogP contribution in [0.15, 0.2) is 24.3 Å². The summed E-state index contributed by atoms with van der Waals surface area (Å²) >= 11 is 0. The largest absolute Gasteiger partial charge is 0.508 e. The van der Waals surface area contributed by atoms with Crippen molar-refractivity contribution in [2.24, 2.45) is 0 Å². The Labute approximate surface area is 121 Å². The molecule has 1 rings (SSSR count). The van der Waals surface area contributed by atoms with Gasteiger partial charge in [-0.3, -0.25) is 4.79 Å². The lowest BCUT2D eigenvalue weighted by Gasteiger charge is -2.25. The molecule has 0 aromatic heterocycles. The summed E-state index contributed by atoms with van der Waals surface area (Å²) in [6.07, 6.45) is 4.49. The standard InChI is InChI=1S/C16H25NO3/c1-4-5-6-7-11-17-15(19)16(2,3)20-14-10-8-9-13(18)12-14/h8-10,12,18H,4-7,11H2,1-3H3,(H,17,19). The topological polar surface area (TPSA) is 58.6 Å². The van der Waals surface area contributed by atoms with Crippen LogP contribution in [-0.4, -0.2) is 23.2 Å². The highest BCUT2D eigenvalue weighted by atomic mass is 16.5. The first-order valence-electron chi connectivity index (χ1n) is 7.22. The van der Waals surface area contributed by atoms with Crippen LogP contribution in [0.4, 0.5) is 0 Å².